The molecule has 0 saturated carbocycles. The maximum absolute atomic E-state index is 12.0. The Bertz CT molecular complexity index is 881. The van der Waals surface area contributed by atoms with Crippen molar-refractivity contribution in [1.82, 2.24) is 14.7 Å². The first kappa shape index (κ1) is 14.2. The summed E-state index contributed by atoms with van der Waals surface area (Å²) in [7, 11) is -3.88. The predicted molar refractivity (Wildman–Crippen MR) is 71.0 cm³/mol. The van der Waals surface area contributed by atoms with E-state index in [1.807, 2.05) is 0 Å². The maximum Gasteiger partial charge on any atom is 0.314 e. The number of benzene rings is 1. The SMILES string of the molecule is C[C@@H](C=O)NS(=O)(=O)c1ccc2[nH]c(=O)c(=O)[nH]c2c1. The second-order valence-electron chi connectivity index (χ2n) is 4.16. The topological polar surface area (TPSA) is 129 Å². The van der Waals surface area contributed by atoms with Gasteiger partial charge in [0, 0.05) is 0 Å². The molecule has 0 aliphatic carbocycles. The van der Waals surface area contributed by atoms with E-state index in [0.717, 1.165) is 0 Å². The second kappa shape index (κ2) is 5.02. The Morgan fingerprint density at radius 2 is 1.75 bits per heavy atom. The Morgan fingerprint density at radius 3 is 2.35 bits per heavy atom. The molecule has 1 atom stereocenters. The highest BCUT2D eigenvalue weighted by Crippen LogP contribution is 2.14. The molecule has 0 aliphatic rings. The van der Waals surface area contributed by atoms with Gasteiger partial charge in [0.25, 0.3) is 0 Å². The minimum atomic E-state index is -3.88. The first-order valence-electron chi connectivity index (χ1n) is 5.57. The van der Waals surface area contributed by atoms with Gasteiger partial charge in [0.05, 0.1) is 22.0 Å². The van der Waals surface area contributed by atoms with Crippen LogP contribution in [0, 0.1) is 0 Å². The van der Waals surface area contributed by atoms with Crippen LogP contribution in [0.25, 0.3) is 11.0 Å². The van der Waals surface area contributed by atoms with Gasteiger partial charge in [0.2, 0.25) is 10.0 Å². The van der Waals surface area contributed by atoms with Crippen molar-refractivity contribution in [2.75, 3.05) is 0 Å². The molecule has 1 heterocycles. The molecule has 1 aromatic carbocycles. The van der Waals surface area contributed by atoms with Crippen LogP contribution in [0.15, 0.2) is 32.7 Å². The zero-order valence-corrected chi connectivity index (χ0v) is 11.2. The molecular weight excluding hydrogens is 286 g/mol. The number of carbonyl (C=O) groups excluding carboxylic acids is 1. The summed E-state index contributed by atoms with van der Waals surface area (Å²) < 4.78 is 26.1. The van der Waals surface area contributed by atoms with Gasteiger partial charge in [0.15, 0.2) is 0 Å². The fourth-order valence-corrected chi connectivity index (χ4v) is 2.80. The highest BCUT2D eigenvalue weighted by atomic mass is 32.2. The molecule has 0 bridgehead atoms. The zero-order valence-electron chi connectivity index (χ0n) is 10.3. The van der Waals surface area contributed by atoms with E-state index in [1.54, 1.807) is 0 Å². The number of aromatic nitrogens is 2. The van der Waals surface area contributed by atoms with Crippen LogP contribution >= 0.6 is 0 Å². The number of hydrogen-bond donors (Lipinski definition) is 3. The van der Waals surface area contributed by atoms with Crippen LogP contribution in [0.1, 0.15) is 6.92 Å². The third-order valence-corrected chi connectivity index (χ3v) is 4.11. The minimum absolute atomic E-state index is 0.124. The van der Waals surface area contributed by atoms with Crippen LogP contribution in [0.2, 0.25) is 0 Å². The van der Waals surface area contributed by atoms with Gasteiger partial charge in [-0.3, -0.25) is 9.59 Å². The van der Waals surface area contributed by atoms with Crippen LogP contribution in [0.5, 0.6) is 0 Å². The number of fused-ring (bicyclic) bond motifs is 1. The fourth-order valence-electron chi connectivity index (χ4n) is 1.60. The molecule has 2 aromatic rings. The van der Waals surface area contributed by atoms with E-state index in [4.69, 9.17) is 0 Å². The van der Waals surface area contributed by atoms with Gasteiger partial charge in [-0.2, -0.15) is 0 Å². The van der Waals surface area contributed by atoms with Gasteiger partial charge in [-0.25, -0.2) is 13.1 Å². The van der Waals surface area contributed by atoms with E-state index in [0.29, 0.717) is 11.8 Å². The normalized spacial score (nSPS) is 13.2. The highest BCUT2D eigenvalue weighted by molar-refractivity contribution is 7.89. The van der Waals surface area contributed by atoms with Crippen LogP contribution in [0.3, 0.4) is 0 Å². The molecule has 0 aliphatic heterocycles. The summed E-state index contributed by atoms with van der Waals surface area (Å²) in [5, 5.41) is 0. The zero-order chi connectivity index (χ0) is 14.9. The lowest BCUT2D eigenvalue weighted by Gasteiger charge is -2.09. The fraction of sp³-hybridized carbons (Fsp3) is 0.182. The number of carbonyl (C=O) groups is 1. The third kappa shape index (κ3) is 2.68. The number of hydrogen-bond acceptors (Lipinski definition) is 5. The first-order valence-corrected chi connectivity index (χ1v) is 7.06. The summed E-state index contributed by atoms with van der Waals surface area (Å²) in [6, 6.07) is 2.95. The van der Waals surface area contributed by atoms with Crippen molar-refractivity contribution in [3.63, 3.8) is 0 Å². The van der Waals surface area contributed by atoms with E-state index in [1.165, 1.54) is 25.1 Å². The van der Waals surface area contributed by atoms with E-state index in [-0.39, 0.29) is 10.4 Å². The summed E-state index contributed by atoms with van der Waals surface area (Å²) in [6.07, 6.45) is 0.456. The molecule has 2 rings (SSSR count). The van der Waals surface area contributed by atoms with Crippen molar-refractivity contribution < 1.29 is 13.2 Å². The molecule has 3 N–H and O–H groups in total. The van der Waals surface area contributed by atoms with Crippen LogP contribution in [0.4, 0.5) is 0 Å². The van der Waals surface area contributed by atoms with E-state index < -0.39 is 27.2 Å². The van der Waals surface area contributed by atoms with Gasteiger partial charge in [-0.15, -0.1) is 0 Å². The summed E-state index contributed by atoms with van der Waals surface area (Å²) >= 11 is 0. The molecule has 9 heteroatoms. The number of aldehydes is 1. The Morgan fingerprint density at radius 1 is 1.15 bits per heavy atom. The van der Waals surface area contributed by atoms with Crippen molar-refractivity contribution in [2.24, 2.45) is 0 Å². The van der Waals surface area contributed by atoms with Crippen molar-refractivity contribution in [3.05, 3.63) is 38.9 Å². The third-order valence-electron chi connectivity index (χ3n) is 2.55. The smallest absolute Gasteiger partial charge is 0.314 e. The van der Waals surface area contributed by atoms with Gasteiger partial charge >= 0.3 is 11.1 Å². The van der Waals surface area contributed by atoms with Crippen molar-refractivity contribution in [2.45, 2.75) is 17.9 Å². The summed E-state index contributed by atoms with van der Waals surface area (Å²) in [5.74, 6) is 0. The van der Waals surface area contributed by atoms with Crippen LogP contribution in [-0.4, -0.2) is 30.7 Å². The predicted octanol–water partition coefficient (Wildman–Crippen LogP) is -0.918. The number of aromatic amines is 2. The standard InChI is InChI=1S/C11H11N3O5S/c1-6(5-15)14-20(18,19)7-2-3-8-9(4-7)13-11(17)10(16)12-8/h2-6,14H,1H3,(H,12,16)(H,13,17)/t6-/m0/s1. The number of rotatable bonds is 4. The number of sulfonamides is 1. The molecule has 20 heavy (non-hydrogen) atoms. The molecule has 106 valence electrons. The van der Waals surface area contributed by atoms with E-state index in [2.05, 4.69) is 14.7 Å². The average molecular weight is 297 g/mol. The van der Waals surface area contributed by atoms with Crippen LogP contribution in [-0.2, 0) is 14.8 Å². The van der Waals surface area contributed by atoms with Gasteiger partial charge in [-0.1, -0.05) is 0 Å². The summed E-state index contributed by atoms with van der Waals surface area (Å²) in [4.78, 5) is 37.3. The Balaban J connectivity index is 2.57. The molecule has 0 fully saturated rings. The molecule has 0 spiro atoms. The average Bonchev–Trinajstić information content (AvgIpc) is 2.39. The number of nitrogens with one attached hydrogen (secondary N) is 3. The number of H-pyrrole nitrogens is 2. The van der Waals surface area contributed by atoms with E-state index in [9.17, 15) is 22.8 Å². The maximum atomic E-state index is 12.0. The second-order valence-corrected chi connectivity index (χ2v) is 5.88. The molecule has 0 saturated heterocycles. The summed E-state index contributed by atoms with van der Waals surface area (Å²) in [5.41, 5.74) is -1.21. The minimum Gasteiger partial charge on any atom is -0.316 e. The summed E-state index contributed by atoms with van der Waals surface area (Å²) in [6.45, 7) is 1.39. The van der Waals surface area contributed by atoms with Crippen molar-refractivity contribution in [1.29, 1.82) is 0 Å². The first-order chi connectivity index (χ1) is 9.33. The highest BCUT2D eigenvalue weighted by Gasteiger charge is 2.17. The lowest BCUT2D eigenvalue weighted by atomic mass is 10.3. The Hall–Kier alpha value is -2.26. The Labute approximate surface area is 112 Å². The van der Waals surface area contributed by atoms with Gasteiger partial charge in [-0.05, 0) is 25.1 Å². The molecule has 8 nitrogen and oxygen atoms in total. The van der Waals surface area contributed by atoms with Crippen LogP contribution < -0.4 is 15.8 Å². The molecule has 0 amide bonds. The largest absolute Gasteiger partial charge is 0.316 e. The molecule has 0 unspecified atom stereocenters. The van der Waals surface area contributed by atoms with Gasteiger partial charge in [0.1, 0.15) is 6.29 Å². The van der Waals surface area contributed by atoms with Crippen molar-refractivity contribution >= 4 is 27.3 Å². The molecule has 1 aromatic heterocycles. The Kier molecular flexibility index (Phi) is 3.55. The molecular formula is C11H11N3O5S. The monoisotopic (exact) mass is 297 g/mol. The van der Waals surface area contributed by atoms with E-state index >= 15 is 0 Å². The quantitative estimate of drug-likeness (QED) is 0.496. The lowest BCUT2D eigenvalue weighted by molar-refractivity contribution is -0.108. The molecule has 0 radical (unpaired) electrons. The van der Waals surface area contributed by atoms with Gasteiger partial charge < -0.3 is 14.8 Å². The van der Waals surface area contributed by atoms with Crippen molar-refractivity contribution in [3.8, 4) is 0 Å². The lowest BCUT2D eigenvalue weighted by Crippen LogP contribution is -2.33.